The molecule has 0 aliphatic carbocycles. The van der Waals surface area contributed by atoms with Crippen molar-refractivity contribution in [1.82, 2.24) is 29.5 Å². The molecule has 3 aromatic rings. The van der Waals surface area contributed by atoms with Crippen molar-refractivity contribution in [2.75, 3.05) is 26.2 Å². The topological polar surface area (TPSA) is 67.2 Å². The molecular formula is C20H19F3N6O. The van der Waals surface area contributed by atoms with Gasteiger partial charge in [-0.2, -0.15) is 18.3 Å². The summed E-state index contributed by atoms with van der Waals surface area (Å²) < 4.78 is 40.1. The van der Waals surface area contributed by atoms with Gasteiger partial charge in [-0.1, -0.05) is 18.2 Å². The van der Waals surface area contributed by atoms with Crippen LogP contribution in [0.3, 0.4) is 0 Å². The van der Waals surface area contributed by atoms with Gasteiger partial charge < -0.3 is 4.90 Å². The Morgan fingerprint density at radius 1 is 1.07 bits per heavy atom. The first-order valence-corrected chi connectivity index (χ1v) is 9.39. The predicted molar refractivity (Wildman–Crippen MR) is 102 cm³/mol. The number of alkyl halides is 3. The number of rotatable bonds is 4. The molecule has 7 nitrogen and oxygen atoms in total. The molecule has 0 unspecified atom stereocenters. The normalized spacial score (nSPS) is 15.4. The Labute approximate surface area is 170 Å². The summed E-state index contributed by atoms with van der Waals surface area (Å²) in [7, 11) is 0. The van der Waals surface area contributed by atoms with Gasteiger partial charge in [0.05, 0.1) is 11.1 Å². The zero-order chi connectivity index (χ0) is 21.1. The third-order valence-corrected chi connectivity index (χ3v) is 4.97. The van der Waals surface area contributed by atoms with Gasteiger partial charge in [-0.25, -0.2) is 14.6 Å². The highest BCUT2D eigenvalue weighted by atomic mass is 19.4. The van der Waals surface area contributed by atoms with E-state index < -0.39 is 11.7 Å². The fourth-order valence-corrected chi connectivity index (χ4v) is 3.37. The van der Waals surface area contributed by atoms with Crippen molar-refractivity contribution in [2.45, 2.75) is 12.7 Å². The highest BCUT2D eigenvalue weighted by Gasteiger charge is 2.30. The van der Waals surface area contributed by atoms with Crippen LogP contribution < -0.4 is 0 Å². The molecule has 1 saturated heterocycles. The second-order valence-electron chi connectivity index (χ2n) is 7.01. The van der Waals surface area contributed by atoms with Gasteiger partial charge in [-0.3, -0.25) is 9.69 Å². The highest BCUT2D eigenvalue weighted by molar-refractivity contribution is 5.94. The minimum atomic E-state index is -4.35. The maximum absolute atomic E-state index is 12.9. The lowest BCUT2D eigenvalue weighted by Crippen LogP contribution is -2.48. The minimum Gasteiger partial charge on any atom is -0.336 e. The Morgan fingerprint density at radius 2 is 1.87 bits per heavy atom. The summed E-state index contributed by atoms with van der Waals surface area (Å²) in [6, 6.07) is 8.76. The van der Waals surface area contributed by atoms with Crippen molar-refractivity contribution in [1.29, 1.82) is 0 Å². The molecule has 1 aliphatic rings. The van der Waals surface area contributed by atoms with Crippen molar-refractivity contribution < 1.29 is 18.0 Å². The van der Waals surface area contributed by atoms with Crippen LogP contribution in [0.4, 0.5) is 13.2 Å². The van der Waals surface area contributed by atoms with Crippen molar-refractivity contribution in [3.05, 3.63) is 71.9 Å². The zero-order valence-corrected chi connectivity index (χ0v) is 16.0. The number of carbonyl (C=O) groups excluding carboxylic acids is 1. The number of halogens is 3. The third kappa shape index (κ3) is 4.48. The van der Waals surface area contributed by atoms with E-state index in [1.807, 2.05) is 4.90 Å². The molecular weight excluding hydrogens is 397 g/mol. The Bertz CT molecular complexity index is 996. The standard InChI is InChI=1S/C20H19F3N6O/c21-20(22,23)17-3-1-2-15(10-17)12-27-6-8-28(9-7-27)19(30)16-4-5-18(25-11-16)29-14-24-13-26-29/h1-5,10-11,13-14H,6-9,12H2. The van der Waals surface area contributed by atoms with Gasteiger partial charge in [0.2, 0.25) is 0 Å². The summed E-state index contributed by atoms with van der Waals surface area (Å²) in [5.41, 5.74) is 0.443. The summed E-state index contributed by atoms with van der Waals surface area (Å²) in [5.74, 6) is 0.446. The lowest BCUT2D eigenvalue weighted by Gasteiger charge is -2.34. The monoisotopic (exact) mass is 416 g/mol. The molecule has 2 aromatic heterocycles. The highest BCUT2D eigenvalue weighted by Crippen LogP contribution is 2.29. The maximum Gasteiger partial charge on any atom is 0.416 e. The van der Waals surface area contributed by atoms with E-state index in [1.165, 1.54) is 35.7 Å². The molecule has 0 bridgehead atoms. The van der Waals surface area contributed by atoms with Crippen molar-refractivity contribution in [2.24, 2.45) is 0 Å². The first kappa shape index (κ1) is 20.0. The summed E-state index contributed by atoms with van der Waals surface area (Å²) in [4.78, 5) is 24.6. The average molecular weight is 416 g/mol. The maximum atomic E-state index is 12.9. The van der Waals surface area contributed by atoms with Crippen LogP contribution in [-0.2, 0) is 12.7 Å². The van der Waals surface area contributed by atoms with Gasteiger partial charge in [0, 0.05) is 38.9 Å². The van der Waals surface area contributed by atoms with Crippen LogP contribution in [0.15, 0.2) is 55.2 Å². The fraction of sp³-hybridized carbons (Fsp3) is 0.300. The van der Waals surface area contributed by atoms with E-state index >= 15 is 0 Å². The van der Waals surface area contributed by atoms with Crippen molar-refractivity contribution in [3.63, 3.8) is 0 Å². The van der Waals surface area contributed by atoms with E-state index in [0.29, 0.717) is 49.7 Å². The van der Waals surface area contributed by atoms with E-state index in [1.54, 1.807) is 23.1 Å². The quantitative estimate of drug-likeness (QED) is 0.654. The smallest absolute Gasteiger partial charge is 0.336 e. The van der Waals surface area contributed by atoms with Crippen LogP contribution in [0.1, 0.15) is 21.5 Å². The van der Waals surface area contributed by atoms with Crippen LogP contribution in [0.25, 0.3) is 5.82 Å². The number of aromatic nitrogens is 4. The molecule has 1 aromatic carbocycles. The van der Waals surface area contributed by atoms with E-state index in [4.69, 9.17) is 0 Å². The Balaban J connectivity index is 1.34. The SMILES string of the molecule is O=C(c1ccc(-n2cncn2)nc1)N1CCN(Cc2cccc(C(F)(F)F)c2)CC1. The van der Waals surface area contributed by atoms with E-state index in [2.05, 4.69) is 15.1 Å². The Morgan fingerprint density at radius 3 is 2.50 bits per heavy atom. The number of nitrogens with zero attached hydrogens (tertiary/aromatic N) is 6. The molecule has 0 N–H and O–H groups in total. The summed E-state index contributed by atoms with van der Waals surface area (Å²) in [6.07, 6.45) is 0.0834. The Hall–Kier alpha value is -3.27. The van der Waals surface area contributed by atoms with Crippen molar-refractivity contribution in [3.8, 4) is 5.82 Å². The summed E-state index contributed by atoms with van der Waals surface area (Å²) in [6.45, 7) is 2.60. The summed E-state index contributed by atoms with van der Waals surface area (Å²) >= 11 is 0. The van der Waals surface area contributed by atoms with Gasteiger partial charge in [-0.15, -0.1) is 0 Å². The average Bonchev–Trinajstić information content (AvgIpc) is 3.28. The predicted octanol–water partition coefficient (Wildman–Crippen LogP) is 2.64. The van der Waals surface area contributed by atoms with Crippen LogP contribution in [0, 0.1) is 0 Å². The largest absolute Gasteiger partial charge is 0.416 e. The molecule has 0 saturated carbocycles. The van der Waals surface area contributed by atoms with Crippen LogP contribution in [0.5, 0.6) is 0 Å². The molecule has 156 valence electrons. The third-order valence-electron chi connectivity index (χ3n) is 4.97. The first-order chi connectivity index (χ1) is 14.4. The lowest BCUT2D eigenvalue weighted by atomic mass is 10.1. The van der Waals surface area contributed by atoms with Gasteiger partial charge in [0.1, 0.15) is 12.7 Å². The van der Waals surface area contributed by atoms with Crippen LogP contribution in [0.2, 0.25) is 0 Å². The van der Waals surface area contributed by atoms with E-state index in [9.17, 15) is 18.0 Å². The number of carbonyl (C=O) groups is 1. The minimum absolute atomic E-state index is 0.119. The second kappa shape index (κ2) is 8.23. The Kier molecular flexibility index (Phi) is 5.49. The zero-order valence-electron chi connectivity index (χ0n) is 16.0. The number of pyridine rings is 1. The molecule has 1 fully saturated rings. The van der Waals surface area contributed by atoms with Gasteiger partial charge in [0.15, 0.2) is 5.82 Å². The number of hydrogen-bond donors (Lipinski definition) is 0. The molecule has 0 spiro atoms. The molecule has 4 rings (SSSR count). The fourth-order valence-electron chi connectivity index (χ4n) is 3.37. The van der Waals surface area contributed by atoms with Gasteiger partial charge in [0.25, 0.3) is 5.91 Å². The number of piperazine rings is 1. The second-order valence-corrected chi connectivity index (χ2v) is 7.01. The molecule has 0 atom stereocenters. The van der Waals surface area contributed by atoms with Crippen LogP contribution >= 0.6 is 0 Å². The molecule has 1 aliphatic heterocycles. The van der Waals surface area contributed by atoms with Gasteiger partial charge in [-0.05, 0) is 23.8 Å². The molecule has 1 amide bonds. The molecule has 0 radical (unpaired) electrons. The molecule has 3 heterocycles. The summed E-state index contributed by atoms with van der Waals surface area (Å²) in [5, 5.41) is 3.99. The van der Waals surface area contributed by atoms with Gasteiger partial charge >= 0.3 is 6.18 Å². The van der Waals surface area contributed by atoms with Crippen LogP contribution in [-0.4, -0.2) is 61.6 Å². The number of amides is 1. The number of benzene rings is 1. The molecule has 30 heavy (non-hydrogen) atoms. The van der Waals surface area contributed by atoms with E-state index in [-0.39, 0.29) is 5.91 Å². The first-order valence-electron chi connectivity index (χ1n) is 9.39. The molecule has 10 heteroatoms. The van der Waals surface area contributed by atoms with Crippen molar-refractivity contribution >= 4 is 5.91 Å². The van der Waals surface area contributed by atoms with E-state index in [0.717, 1.165) is 6.07 Å². The lowest BCUT2D eigenvalue weighted by molar-refractivity contribution is -0.137. The number of hydrogen-bond acceptors (Lipinski definition) is 5.